The molecule has 0 bridgehead atoms. The second kappa shape index (κ2) is 7.13. The number of pyridine rings is 1. The first kappa shape index (κ1) is 19.9. The lowest BCUT2D eigenvalue weighted by Crippen LogP contribution is -2.50. The normalized spacial score (nSPS) is 18.9. The number of nitrogens with one attached hydrogen (secondary N) is 1. The molecule has 1 unspecified atom stereocenters. The number of fused-ring (bicyclic) bond motifs is 1. The molecule has 0 amide bonds. The van der Waals surface area contributed by atoms with Gasteiger partial charge in [0.1, 0.15) is 17.6 Å². The largest absolute Gasteiger partial charge is 0.496 e. The van der Waals surface area contributed by atoms with Gasteiger partial charge in [0, 0.05) is 11.3 Å². The Morgan fingerprint density at radius 2 is 1.93 bits per heavy atom. The Balaban J connectivity index is 2.05. The Morgan fingerprint density at radius 3 is 2.63 bits per heavy atom. The van der Waals surface area contributed by atoms with Crippen LogP contribution in [-0.4, -0.2) is 35.1 Å². The van der Waals surface area contributed by atoms with Gasteiger partial charge in [-0.1, -0.05) is 12.1 Å². The van der Waals surface area contributed by atoms with E-state index in [1.54, 1.807) is 37.3 Å². The molecule has 1 aromatic carbocycles. The average Bonchev–Trinajstić information content (AvgIpc) is 3.08. The standard InChI is InChI=1S/C20H19F3N6O/c1-10-8-12(9-15(25-10)20(21,22)23)16-17(13-6-4-5-7-14(13)30-3)27-19(24)29-18(16)26-11(2)28-29/h4-9,11,28H,1-3H3,(H2,24,27). The summed E-state index contributed by atoms with van der Waals surface area (Å²) < 4.78 is 45.8. The van der Waals surface area contributed by atoms with Crippen molar-refractivity contribution >= 4 is 23.1 Å². The van der Waals surface area contributed by atoms with E-state index in [9.17, 15) is 13.2 Å². The van der Waals surface area contributed by atoms with E-state index in [1.165, 1.54) is 19.0 Å². The van der Waals surface area contributed by atoms with Crippen LogP contribution in [0.4, 0.5) is 13.2 Å². The van der Waals surface area contributed by atoms with E-state index in [0.29, 0.717) is 28.4 Å². The number of alkyl halides is 3. The van der Waals surface area contributed by atoms with Crippen LogP contribution in [0, 0.1) is 6.92 Å². The number of ether oxygens (including phenoxy) is 1. The third kappa shape index (κ3) is 3.39. The van der Waals surface area contributed by atoms with Crippen LogP contribution in [0.3, 0.4) is 0 Å². The highest BCUT2D eigenvalue weighted by Crippen LogP contribution is 2.39. The van der Waals surface area contributed by atoms with Crippen LogP contribution in [0.2, 0.25) is 0 Å². The van der Waals surface area contributed by atoms with Crippen LogP contribution in [0.1, 0.15) is 29.4 Å². The number of halogens is 3. The van der Waals surface area contributed by atoms with Gasteiger partial charge in [-0.2, -0.15) is 13.2 Å². The molecule has 2 aliphatic heterocycles. The first-order chi connectivity index (χ1) is 14.2. The number of aryl methyl sites for hydroxylation is 1. The van der Waals surface area contributed by atoms with Gasteiger partial charge in [0.25, 0.3) is 0 Å². The monoisotopic (exact) mass is 416 g/mol. The Hall–Kier alpha value is -3.40. The maximum atomic E-state index is 13.4. The second-order valence-corrected chi connectivity index (χ2v) is 6.87. The SMILES string of the molecule is COc1ccccc1C1=C(c2cc(C)nc(C(F)(F)F)c2)C2=NC(C)NN2C(N)=N1. The highest BCUT2D eigenvalue weighted by Gasteiger charge is 2.37. The number of guanidine groups is 1. The molecule has 0 fully saturated rings. The Kier molecular flexibility index (Phi) is 4.73. The van der Waals surface area contributed by atoms with Crippen molar-refractivity contribution in [1.82, 2.24) is 15.4 Å². The molecule has 0 radical (unpaired) electrons. The second-order valence-electron chi connectivity index (χ2n) is 6.87. The van der Waals surface area contributed by atoms with E-state index in [0.717, 1.165) is 6.07 Å². The fourth-order valence-electron chi connectivity index (χ4n) is 3.45. The quantitative estimate of drug-likeness (QED) is 0.803. The average molecular weight is 416 g/mol. The molecule has 0 aliphatic carbocycles. The van der Waals surface area contributed by atoms with Crippen molar-refractivity contribution in [3.8, 4) is 5.75 Å². The predicted octanol–water partition coefficient (Wildman–Crippen LogP) is 3.18. The Morgan fingerprint density at radius 1 is 1.20 bits per heavy atom. The molecule has 4 rings (SSSR count). The number of nitrogens with two attached hydrogens (primary N) is 1. The number of para-hydroxylation sites is 1. The molecule has 3 N–H and O–H groups in total. The Labute approximate surface area is 170 Å². The fraction of sp³-hybridized carbons (Fsp3) is 0.250. The molecule has 3 heterocycles. The van der Waals surface area contributed by atoms with E-state index >= 15 is 0 Å². The van der Waals surface area contributed by atoms with E-state index in [4.69, 9.17) is 10.5 Å². The van der Waals surface area contributed by atoms with Crippen LogP contribution in [-0.2, 0) is 6.18 Å². The number of nitrogens with zero attached hydrogens (tertiary/aromatic N) is 4. The highest BCUT2D eigenvalue weighted by molar-refractivity contribution is 6.35. The van der Waals surface area contributed by atoms with Crippen LogP contribution in [0.25, 0.3) is 11.3 Å². The number of aliphatic imine (C=N–C) groups is 2. The van der Waals surface area contributed by atoms with Crippen molar-refractivity contribution in [2.75, 3.05) is 7.11 Å². The molecule has 0 saturated carbocycles. The summed E-state index contributed by atoms with van der Waals surface area (Å²) in [6.07, 6.45) is -4.92. The summed E-state index contributed by atoms with van der Waals surface area (Å²) in [6, 6.07) is 9.66. The van der Waals surface area contributed by atoms with Gasteiger partial charge >= 0.3 is 6.18 Å². The first-order valence-electron chi connectivity index (χ1n) is 9.11. The first-order valence-corrected chi connectivity index (χ1v) is 9.11. The van der Waals surface area contributed by atoms with Crippen LogP contribution < -0.4 is 15.9 Å². The van der Waals surface area contributed by atoms with Crippen molar-refractivity contribution < 1.29 is 17.9 Å². The molecular formula is C20H19F3N6O. The summed E-state index contributed by atoms with van der Waals surface area (Å²) in [7, 11) is 1.51. The molecular weight excluding hydrogens is 397 g/mol. The molecule has 0 spiro atoms. The van der Waals surface area contributed by atoms with Crippen molar-refractivity contribution in [1.29, 1.82) is 0 Å². The van der Waals surface area contributed by atoms with Crippen LogP contribution >= 0.6 is 0 Å². The number of rotatable bonds is 3. The van der Waals surface area contributed by atoms with Gasteiger partial charge < -0.3 is 10.5 Å². The summed E-state index contributed by atoms with van der Waals surface area (Å²) in [4.78, 5) is 12.7. The van der Waals surface area contributed by atoms with E-state index < -0.39 is 11.9 Å². The molecule has 2 aliphatic rings. The van der Waals surface area contributed by atoms with Gasteiger partial charge in [-0.3, -0.25) is 0 Å². The lowest BCUT2D eigenvalue weighted by molar-refractivity contribution is -0.141. The number of aromatic nitrogens is 1. The third-order valence-electron chi connectivity index (χ3n) is 4.65. The molecule has 156 valence electrons. The summed E-state index contributed by atoms with van der Waals surface area (Å²) in [5.41, 5.74) is 10.1. The molecule has 30 heavy (non-hydrogen) atoms. The van der Waals surface area contributed by atoms with Gasteiger partial charge in [-0.15, -0.1) is 0 Å². The zero-order chi connectivity index (χ0) is 21.6. The highest BCUT2D eigenvalue weighted by atomic mass is 19.4. The molecule has 2 aromatic rings. The number of hydrogen-bond donors (Lipinski definition) is 2. The minimum Gasteiger partial charge on any atom is -0.496 e. The number of benzene rings is 1. The summed E-state index contributed by atoms with van der Waals surface area (Å²) in [5.74, 6) is 1.02. The van der Waals surface area contributed by atoms with Crippen molar-refractivity contribution in [3.05, 3.63) is 58.9 Å². The zero-order valence-electron chi connectivity index (χ0n) is 16.4. The van der Waals surface area contributed by atoms with Crippen LogP contribution in [0.15, 0.2) is 46.4 Å². The summed E-state index contributed by atoms with van der Waals surface area (Å²) >= 11 is 0. The maximum Gasteiger partial charge on any atom is 0.433 e. The molecule has 7 nitrogen and oxygen atoms in total. The van der Waals surface area contributed by atoms with Gasteiger partial charge in [-0.25, -0.2) is 25.4 Å². The molecule has 1 atom stereocenters. The zero-order valence-corrected chi connectivity index (χ0v) is 16.4. The minimum atomic E-state index is -4.59. The van der Waals surface area contributed by atoms with Crippen LogP contribution in [0.5, 0.6) is 5.75 Å². The number of hydrogen-bond acceptors (Lipinski definition) is 7. The van der Waals surface area contributed by atoms with E-state index in [-0.39, 0.29) is 23.4 Å². The van der Waals surface area contributed by atoms with E-state index in [2.05, 4.69) is 20.4 Å². The van der Waals surface area contributed by atoms with Gasteiger partial charge in [0.05, 0.1) is 18.4 Å². The number of methoxy groups -OCH3 is 1. The van der Waals surface area contributed by atoms with E-state index in [1.807, 2.05) is 0 Å². The lowest BCUT2D eigenvalue weighted by Gasteiger charge is -2.28. The van der Waals surface area contributed by atoms with Crippen molar-refractivity contribution in [2.45, 2.75) is 26.2 Å². The minimum absolute atomic E-state index is 0.129. The van der Waals surface area contributed by atoms with Crippen molar-refractivity contribution in [2.24, 2.45) is 15.7 Å². The van der Waals surface area contributed by atoms with Gasteiger partial charge in [-0.05, 0) is 43.7 Å². The third-order valence-corrected chi connectivity index (χ3v) is 4.65. The van der Waals surface area contributed by atoms with Gasteiger partial charge in [0.15, 0.2) is 5.84 Å². The topological polar surface area (TPSA) is 88.1 Å². The molecule has 10 heteroatoms. The Bertz CT molecular complexity index is 1110. The maximum absolute atomic E-state index is 13.4. The summed E-state index contributed by atoms with van der Waals surface area (Å²) in [5, 5.41) is 1.47. The van der Waals surface area contributed by atoms with Gasteiger partial charge in [0.2, 0.25) is 5.96 Å². The predicted molar refractivity (Wildman–Crippen MR) is 107 cm³/mol. The van der Waals surface area contributed by atoms with Crippen molar-refractivity contribution in [3.63, 3.8) is 0 Å². The summed E-state index contributed by atoms with van der Waals surface area (Å²) in [6.45, 7) is 3.32. The number of amidine groups is 1. The smallest absolute Gasteiger partial charge is 0.433 e. The molecule has 0 saturated heterocycles. The number of hydrazine groups is 1. The molecule has 1 aromatic heterocycles. The fourth-order valence-corrected chi connectivity index (χ4v) is 3.45. The lowest BCUT2D eigenvalue weighted by atomic mass is 9.96.